The number of anilines is 1. The van der Waals surface area contributed by atoms with Crippen molar-refractivity contribution in [2.45, 2.75) is 18.1 Å². The highest BCUT2D eigenvalue weighted by Crippen LogP contribution is 2.34. The topological polar surface area (TPSA) is 77.5 Å². The van der Waals surface area contributed by atoms with Crippen molar-refractivity contribution in [3.8, 4) is 0 Å². The molecule has 0 spiro atoms. The van der Waals surface area contributed by atoms with Gasteiger partial charge in [-0.15, -0.1) is 0 Å². The summed E-state index contributed by atoms with van der Waals surface area (Å²) in [6, 6.07) is 3.62. The van der Waals surface area contributed by atoms with Gasteiger partial charge in [-0.25, -0.2) is 13.4 Å². The fourth-order valence-electron chi connectivity index (χ4n) is 2.35. The highest BCUT2D eigenvalue weighted by molar-refractivity contribution is 7.91. The summed E-state index contributed by atoms with van der Waals surface area (Å²) in [6.07, 6.45) is 4.77. The van der Waals surface area contributed by atoms with Crippen LogP contribution in [0, 0.1) is 0 Å². The van der Waals surface area contributed by atoms with Gasteiger partial charge in [0, 0.05) is 11.9 Å². The predicted molar refractivity (Wildman–Crippen MR) is 65.4 cm³/mol. The molecule has 1 saturated heterocycles. The molecule has 90 valence electrons. The van der Waals surface area contributed by atoms with Crippen LogP contribution in [0.5, 0.6) is 0 Å². The molecule has 0 aromatic carbocycles. The zero-order valence-corrected chi connectivity index (χ0v) is 10.0. The van der Waals surface area contributed by atoms with E-state index < -0.39 is 15.1 Å². The van der Waals surface area contributed by atoms with Crippen LogP contribution in [0.1, 0.15) is 23.9 Å². The lowest BCUT2D eigenvalue weighted by atomic mass is 10.2. The average molecular weight is 251 g/mol. The Morgan fingerprint density at radius 2 is 2.24 bits per heavy atom. The SMILES string of the molecule is Nc1ccc2cnc(C3CCCS3(=O)=O)n2c1. The van der Waals surface area contributed by atoms with Gasteiger partial charge in [0.05, 0.1) is 17.5 Å². The standard InChI is InChI=1S/C11H13N3O2S/c12-8-3-4-9-6-13-11(14(9)7-8)10-2-1-5-17(10,15)16/h3-4,6-7,10H,1-2,5,12H2. The summed E-state index contributed by atoms with van der Waals surface area (Å²) in [5.74, 6) is 0.847. The van der Waals surface area contributed by atoms with Crippen molar-refractivity contribution in [2.24, 2.45) is 0 Å². The molecule has 0 saturated carbocycles. The Labute approximate surface area is 99.2 Å². The minimum atomic E-state index is -3.04. The van der Waals surface area contributed by atoms with Gasteiger partial charge in [-0.2, -0.15) is 0 Å². The third kappa shape index (κ3) is 1.59. The van der Waals surface area contributed by atoms with Crippen LogP contribution < -0.4 is 5.73 Å². The summed E-state index contributed by atoms with van der Waals surface area (Å²) in [7, 11) is -3.04. The second-order valence-electron chi connectivity index (χ2n) is 4.37. The Balaban J connectivity index is 2.21. The van der Waals surface area contributed by atoms with Crippen LogP contribution in [0.25, 0.3) is 5.52 Å². The quantitative estimate of drug-likeness (QED) is 0.825. The van der Waals surface area contributed by atoms with Gasteiger partial charge < -0.3 is 10.1 Å². The Morgan fingerprint density at radius 1 is 1.41 bits per heavy atom. The van der Waals surface area contributed by atoms with E-state index in [0.29, 0.717) is 24.4 Å². The smallest absolute Gasteiger partial charge is 0.160 e. The first-order chi connectivity index (χ1) is 8.08. The summed E-state index contributed by atoms with van der Waals surface area (Å²) in [4.78, 5) is 4.24. The van der Waals surface area contributed by atoms with Crippen LogP contribution in [-0.2, 0) is 9.84 Å². The molecule has 17 heavy (non-hydrogen) atoms. The van der Waals surface area contributed by atoms with Crippen molar-refractivity contribution in [1.82, 2.24) is 9.38 Å². The van der Waals surface area contributed by atoms with Gasteiger partial charge in [-0.1, -0.05) is 0 Å². The van der Waals surface area contributed by atoms with Crippen molar-refractivity contribution < 1.29 is 8.42 Å². The number of nitrogens with two attached hydrogens (primary N) is 1. The van der Waals surface area contributed by atoms with E-state index in [-0.39, 0.29) is 5.75 Å². The van der Waals surface area contributed by atoms with Crippen LogP contribution in [0.4, 0.5) is 5.69 Å². The third-order valence-electron chi connectivity index (χ3n) is 3.20. The van der Waals surface area contributed by atoms with Gasteiger partial charge >= 0.3 is 0 Å². The van der Waals surface area contributed by atoms with E-state index in [9.17, 15) is 8.42 Å². The van der Waals surface area contributed by atoms with Crippen LogP contribution in [0.2, 0.25) is 0 Å². The van der Waals surface area contributed by atoms with Gasteiger partial charge in [-0.05, 0) is 25.0 Å². The summed E-state index contributed by atoms with van der Waals surface area (Å²) in [6.45, 7) is 0. The number of hydrogen-bond acceptors (Lipinski definition) is 4. The summed E-state index contributed by atoms with van der Waals surface area (Å²) in [5, 5.41) is -0.480. The maximum atomic E-state index is 11.9. The number of fused-ring (bicyclic) bond motifs is 1. The van der Waals surface area contributed by atoms with E-state index >= 15 is 0 Å². The number of pyridine rings is 1. The highest BCUT2D eigenvalue weighted by atomic mass is 32.2. The van der Waals surface area contributed by atoms with Crippen LogP contribution in [0.3, 0.4) is 0 Å². The van der Waals surface area contributed by atoms with E-state index in [2.05, 4.69) is 4.98 Å². The van der Waals surface area contributed by atoms with Crippen molar-refractivity contribution in [1.29, 1.82) is 0 Å². The molecule has 1 atom stereocenters. The molecule has 0 radical (unpaired) electrons. The summed E-state index contributed by atoms with van der Waals surface area (Å²) in [5.41, 5.74) is 7.20. The number of hydrogen-bond donors (Lipinski definition) is 1. The first kappa shape index (κ1) is 10.6. The van der Waals surface area contributed by atoms with Crippen LogP contribution >= 0.6 is 0 Å². The maximum Gasteiger partial charge on any atom is 0.160 e. The highest BCUT2D eigenvalue weighted by Gasteiger charge is 2.35. The zero-order chi connectivity index (χ0) is 12.0. The van der Waals surface area contributed by atoms with Crippen LogP contribution in [0.15, 0.2) is 24.5 Å². The zero-order valence-electron chi connectivity index (χ0n) is 9.20. The third-order valence-corrected chi connectivity index (χ3v) is 5.37. The van der Waals surface area contributed by atoms with Crippen molar-refractivity contribution in [2.75, 3.05) is 11.5 Å². The van der Waals surface area contributed by atoms with Gasteiger partial charge in [0.15, 0.2) is 9.84 Å². The average Bonchev–Trinajstić information content (AvgIpc) is 2.80. The van der Waals surface area contributed by atoms with E-state index in [0.717, 1.165) is 5.52 Å². The van der Waals surface area contributed by atoms with Crippen molar-refractivity contribution in [3.05, 3.63) is 30.4 Å². The number of aromatic nitrogens is 2. The molecule has 3 heterocycles. The largest absolute Gasteiger partial charge is 0.398 e. The van der Waals surface area contributed by atoms with E-state index in [1.165, 1.54) is 0 Å². The minimum Gasteiger partial charge on any atom is -0.398 e. The van der Waals surface area contributed by atoms with E-state index in [1.54, 1.807) is 22.9 Å². The van der Waals surface area contributed by atoms with Gasteiger partial charge in [0.25, 0.3) is 0 Å². The first-order valence-corrected chi connectivity index (χ1v) is 7.23. The Bertz CT molecular complexity index is 675. The minimum absolute atomic E-state index is 0.259. The molecular formula is C11H13N3O2S. The molecule has 1 aliphatic rings. The molecule has 0 amide bonds. The molecule has 6 heteroatoms. The lowest BCUT2D eigenvalue weighted by molar-refractivity contribution is 0.588. The Kier molecular flexibility index (Phi) is 2.16. The molecule has 5 nitrogen and oxygen atoms in total. The number of rotatable bonds is 1. The van der Waals surface area contributed by atoms with Crippen molar-refractivity contribution in [3.63, 3.8) is 0 Å². The second-order valence-corrected chi connectivity index (χ2v) is 6.67. The molecule has 2 aromatic heterocycles. The number of nitrogens with zero attached hydrogens (tertiary/aromatic N) is 2. The summed E-state index contributed by atoms with van der Waals surface area (Å²) >= 11 is 0. The lowest BCUT2D eigenvalue weighted by Gasteiger charge is -2.08. The van der Waals surface area contributed by atoms with Crippen molar-refractivity contribution >= 4 is 21.0 Å². The molecule has 0 aliphatic carbocycles. The van der Waals surface area contributed by atoms with E-state index in [4.69, 9.17) is 5.73 Å². The second kappa shape index (κ2) is 3.46. The Hall–Kier alpha value is -1.56. The van der Waals surface area contributed by atoms with Gasteiger partial charge in [0.1, 0.15) is 11.1 Å². The lowest BCUT2D eigenvalue weighted by Crippen LogP contribution is -2.11. The molecule has 1 aliphatic heterocycles. The molecule has 1 fully saturated rings. The molecule has 3 rings (SSSR count). The fraction of sp³-hybridized carbons (Fsp3) is 0.364. The first-order valence-electron chi connectivity index (χ1n) is 5.52. The normalized spacial score (nSPS) is 23.2. The monoisotopic (exact) mass is 251 g/mol. The molecule has 2 aromatic rings. The fourth-order valence-corrected chi connectivity index (χ4v) is 4.22. The van der Waals surface area contributed by atoms with Gasteiger partial charge in [-0.3, -0.25) is 0 Å². The molecular weight excluding hydrogens is 238 g/mol. The number of sulfone groups is 1. The predicted octanol–water partition coefficient (Wildman–Crippen LogP) is 1.17. The number of nitrogen functional groups attached to an aromatic ring is 1. The molecule has 2 N–H and O–H groups in total. The molecule has 1 unspecified atom stereocenters. The Morgan fingerprint density at radius 3 is 2.94 bits per heavy atom. The van der Waals surface area contributed by atoms with E-state index in [1.807, 2.05) is 6.07 Å². The van der Waals surface area contributed by atoms with Crippen LogP contribution in [-0.4, -0.2) is 23.6 Å². The number of imidazole rings is 1. The summed E-state index contributed by atoms with van der Waals surface area (Å²) < 4.78 is 25.6. The van der Waals surface area contributed by atoms with Gasteiger partial charge in [0.2, 0.25) is 0 Å². The molecule has 0 bridgehead atoms. The maximum absolute atomic E-state index is 11.9.